The Kier molecular flexibility index (Phi) is 7.46. The summed E-state index contributed by atoms with van der Waals surface area (Å²) in [6.45, 7) is 2.86. The number of carbonyl (C=O) groups is 1. The van der Waals surface area contributed by atoms with Crippen molar-refractivity contribution in [2.45, 2.75) is 37.0 Å². The molecule has 0 saturated carbocycles. The molecule has 2 rings (SSSR count). The average Bonchev–Trinajstić information content (AvgIpc) is 2.58. The van der Waals surface area contributed by atoms with Crippen LogP contribution in [0.2, 0.25) is 0 Å². The highest BCUT2D eigenvalue weighted by Gasteiger charge is 2.03. The van der Waals surface area contributed by atoms with Crippen molar-refractivity contribution in [1.29, 1.82) is 0 Å². The number of thioether (sulfide) groups is 1. The number of carbonyl (C=O) groups excluding carboxylic acids is 1. The largest absolute Gasteiger partial charge is 0.338 e. The first-order valence-electron chi connectivity index (χ1n) is 7.95. The molecule has 2 aromatic rings. The molecule has 5 heteroatoms. The summed E-state index contributed by atoms with van der Waals surface area (Å²) in [6, 6.07) is 13.7. The van der Waals surface area contributed by atoms with Crippen LogP contribution in [0.5, 0.6) is 0 Å². The lowest BCUT2D eigenvalue weighted by atomic mass is 10.2. The molecule has 122 valence electrons. The molecule has 0 aliphatic rings. The second-order valence-electron chi connectivity index (χ2n) is 5.25. The van der Waals surface area contributed by atoms with Crippen molar-refractivity contribution in [2.24, 2.45) is 0 Å². The van der Waals surface area contributed by atoms with Gasteiger partial charge in [-0.3, -0.25) is 0 Å². The number of anilines is 1. The van der Waals surface area contributed by atoms with Gasteiger partial charge < -0.3 is 10.6 Å². The lowest BCUT2D eigenvalue weighted by molar-refractivity contribution is 0.252. The van der Waals surface area contributed by atoms with Crippen molar-refractivity contribution in [2.75, 3.05) is 11.9 Å². The topological polar surface area (TPSA) is 54.0 Å². The summed E-state index contributed by atoms with van der Waals surface area (Å²) in [4.78, 5) is 16.1. The van der Waals surface area contributed by atoms with Crippen LogP contribution in [0, 0.1) is 0 Å². The number of hydrogen-bond acceptors (Lipinski definition) is 3. The van der Waals surface area contributed by atoms with Gasteiger partial charge in [0.1, 0.15) is 0 Å². The molecule has 23 heavy (non-hydrogen) atoms. The molecule has 1 aromatic heterocycles. The van der Waals surface area contributed by atoms with Crippen molar-refractivity contribution in [1.82, 2.24) is 10.3 Å². The van der Waals surface area contributed by atoms with Crippen LogP contribution in [0.25, 0.3) is 0 Å². The zero-order chi connectivity index (χ0) is 16.3. The van der Waals surface area contributed by atoms with Gasteiger partial charge in [-0.1, -0.05) is 38.0 Å². The Balaban J connectivity index is 1.81. The van der Waals surface area contributed by atoms with Crippen molar-refractivity contribution < 1.29 is 4.79 Å². The van der Waals surface area contributed by atoms with Gasteiger partial charge in [0.25, 0.3) is 0 Å². The maximum absolute atomic E-state index is 11.8. The number of pyridine rings is 1. The molecule has 0 fully saturated rings. The smallest absolute Gasteiger partial charge is 0.319 e. The Bertz CT molecular complexity index is 604. The number of nitrogens with zero attached hydrogens (tertiary/aromatic N) is 1. The Hall–Kier alpha value is -2.01. The van der Waals surface area contributed by atoms with Gasteiger partial charge in [0.05, 0.1) is 5.03 Å². The Morgan fingerprint density at radius 3 is 2.87 bits per heavy atom. The summed E-state index contributed by atoms with van der Waals surface area (Å²) >= 11 is 1.68. The predicted molar refractivity (Wildman–Crippen MR) is 96.8 cm³/mol. The number of unbranched alkanes of at least 4 members (excludes halogenated alkanes) is 2. The Morgan fingerprint density at radius 2 is 2.09 bits per heavy atom. The summed E-state index contributed by atoms with van der Waals surface area (Å²) in [5.41, 5.74) is 1.97. The molecule has 1 aromatic carbocycles. The molecule has 0 spiro atoms. The van der Waals surface area contributed by atoms with Crippen molar-refractivity contribution in [3.63, 3.8) is 0 Å². The van der Waals surface area contributed by atoms with E-state index in [0.29, 0.717) is 0 Å². The number of urea groups is 1. The highest BCUT2D eigenvalue weighted by atomic mass is 32.2. The quantitative estimate of drug-likeness (QED) is 0.546. The Morgan fingerprint density at radius 1 is 1.17 bits per heavy atom. The SMILES string of the molecule is CCCCCNC(=O)Nc1cccc(CSc2ccccn2)c1. The molecule has 2 N–H and O–H groups in total. The van der Waals surface area contributed by atoms with Gasteiger partial charge in [-0.15, -0.1) is 11.8 Å². The van der Waals surface area contributed by atoms with Gasteiger partial charge in [-0.25, -0.2) is 9.78 Å². The second-order valence-corrected chi connectivity index (χ2v) is 6.24. The summed E-state index contributed by atoms with van der Waals surface area (Å²) in [7, 11) is 0. The van der Waals surface area contributed by atoms with E-state index in [9.17, 15) is 4.79 Å². The third-order valence-corrected chi connectivity index (χ3v) is 4.29. The van der Waals surface area contributed by atoms with Crippen LogP contribution in [0.1, 0.15) is 31.7 Å². The molecule has 1 heterocycles. The number of benzene rings is 1. The van der Waals surface area contributed by atoms with Crippen LogP contribution in [0.3, 0.4) is 0 Å². The van der Waals surface area contributed by atoms with Gasteiger partial charge in [0, 0.05) is 24.2 Å². The van der Waals surface area contributed by atoms with Gasteiger partial charge in [0.2, 0.25) is 0 Å². The minimum atomic E-state index is -0.143. The summed E-state index contributed by atoms with van der Waals surface area (Å²) in [5.74, 6) is 0.824. The van der Waals surface area contributed by atoms with Gasteiger partial charge in [0.15, 0.2) is 0 Å². The third kappa shape index (κ3) is 6.74. The van der Waals surface area contributed by atoms with Crippen molar-refractivity contribution in [3.8, 4) is 0 Å². The van der Waals surface area contributed by atoms with E-state index in [0.717, 1.165) is 47.8 Å². The first-order chi connectivity index (χ1) is 11.3. The first kappa shape index (κ1) is 17.3. The second kappa shape index (κ2) is 9.90. The fourth-order valence-electron chi connectivity index (χ4n) is 2.08. The summed E-state index contributed by atoms with van der Waals surface area (Å²) < 4.78 is 0. The maximum Gasteiger partial charge on any atom is 0.319 e. The summed E-state index contributed by atoms with van der Waals surface area (Å²) in [5, 5.41) is 6.76. The van der Waals surface area contributed by atoms with Crippen LogP contribution in [0.4, 0.5) is 10.5 Å². The first-order valence-corrected chi connectivity index (χ1v) is 8.94. The van der Waals surface area contributed by atoms with E-state index in [-0.39, 0.29) is 6.03 Å². The molecule has 0 atom stereocenters. The minimum absolute atomic E-state index is 0.143. The molecule has 0 bridgehead atoms. The van der Waals surface area contributed by atoms with Gasteiger partial charge in [-0.2, -0.15) is 0 Å². The molecule has 4 nitrogen and oxygen atoms in total. The number of amides is 2. The van der Waals surface area contributed by atoms with E-state index >= 15 is 0 Å². The van der Waals surface area contributed by atoms with E-state index in [4.69, 9.17) is 0 Å². The normalized spacial score (nSPS) is 10.3. The average molecular weight is 329 g/mol. The highest BCUT2D eigenvalue weighted by Crippen LogP contribution is 2.21. The van der Waals surface area contributed by atoms with E-state index in [1.165, 1.54) is 0 Å². The molecule has 2 amide bonds. The predicted octanol–water partition coefficient (Wildman–Crippen LogP) is 4.69. The van der Waals surface area contributed by atoms with E-state index in [1.807, 2.05) is 36.4 Å². The van der Waals surface area contributed by atoms with Crippen LogP contribution in [-0.4, -0.2) is 17.6 Å². The highest BCUT2D eigenvalue weighted by molar-refractivity contribution is 7.98. The molecule has 0 aliphatic carbocycles. The molecule has 0 saturated heterocycles. The zero-order valence-electron chi connectivity index (χ0n) is 13.4. The minimum Gasteiger partial charge on any atom is -0.338 e. The van der Waals surface area contributed by atoms with E-state index in [1.54, 1.807) is 18.0 Å². The standard InChI is InChI=1S/C18H23N3OS/c1-2-3-5-12-20-18(22)21-16-9-7-8-15(13-16)14-23-17-10-4-6-11-19-17/h4,6-11,13H,2-3,5,12,14H2,1H3,(H2,20,21,22). The van der Waals surface area contributed by atoms with Gasteiger partial charge in [-0.05, 0) is 36.2 Å². The van der Waals surface area contributed by atoms with Gasteiger partial charge >= 0.3 is 6.03 Å². The number of aromatic nitrogens is 1. The van der Waals surface area contributed by atoms with Crippen LogP contribution >= 0.6 is 11.8 Å². The van der Waals surface area contributed by atoms with Crippen LogP contribution < -0.4 is 10.6 Å². The maximum atomic E-state index is 11.8. The molecule has 0 aliphatic heterocycles. The Labute approximate surface area is 142 Å². The molecular weight excluding hydrogens is 306 g/mol. The van der Waals surface area contributed by atoms with Crippen molar-refractivity contribution >= 4 is 23.5 Å². The lowest BCUT2D eigenvalue weighted by Gasteiger charge is -2.09. The van der Waals surface area contributed by atoms with Crippen LogP contribution in [0.15, 0.2) is 53.7 Å². The molecular formula is C18H23N3OS. The number of hydrogen-bond donors (Lipinski definition) is 2. The fraction of sp³-hybridized carbons (Fsp3) is 0.333. The molecule has 0 radical (unpaired) electrons. The monoisotopic (exact) mass is 329 g/mol. The fourth-order valence-corrected chi connectivity index (χ4v) is 2.89. The van der Waals surface area contributed by atoms with E-state index < -0.39 is 0 Å². The number of rotatable bonds is 8. The lowest BCUT2D eigenvalue weighted by Crippen LogP contribution is -2.29. The van der Waals surface area contributed by atoms with Crippen molar-refractivity contribution in [3.05, 3.63) is 54.2 Å². The van der Waals surface area contributed by atoms with E-state index in [2.05, 4.69) is 28.6 Å². The van der Waals surface area contributed by atoms with Crippen LogP contribution in [-0.2, 0) is 5.75 Å². The summed E-state index contributed by atoms with van der Waals surface area (Å²) in [6.07, 6.45) is 5.10. The molecule has 0 unspecified atom stereocenters. The third-order valence-electron chi connectivity index (χ3n) is 3.28. The number of nitrogens with one attached hydrogen (secondary N) is 2. The zero-order valence-corrected chi connectivity index (χ0v) is 14.2.